The Balaban J connectivity index is 1.05. The molecule has 294 valence electrons. The molecule has 5 aromatic rings. The minimum atomic E-state index is -0.574. The van der Waals surface area contributed by atoms with Crippen molar-refractivity contribution in [2.24, 2.45) is 20.5 Å². The van der Waals surface area contributed by atoms with Gasteiger partial charge in [0.05, 0.1) is 47.0 Å². The van der Waals surface area contributed by atoms with E-state index in [0.717, 1.165) is 23.5 Å². The van der Waals surface area contributed by atoms with E-state index in [1.165, 1.54) is 24.3 Å². The fraction of sp³-hybridized carbons (Fsp3) is 0.136. The number of rotatable bonds is 18. The van der Waals surface area contributed by atoms with E-state index in [2.05, 4.69) is 33.6 Å². The average molecular weight is 781 g/mol. The van der Waals surface area contributed by atoms with E-state index in [0.29, 0.717) is 47.0 Å². The molecule has 0 unspecified atom stereocenters. The molecule has 0 saturated carbocycles. The minimum absolute atomic E-state index is 0.240. The quantitative estimate of drug-likeness (QED) is 0.0363. The fourth-order valence-corrected chi connectivity index (χ4v) is 4.96. The lowest BCUT2D eigenvalue weighted by Gasteiger charge is -2.18. The van der Waals surface area contributed by atoms with Crippen LogP contribution in [0.1, 0.15) is 20.7 Å². The summed E-state index contributed by atoms with van der Waals surface area (Å²) in [5.41, 5.74) is 4.82. The van der Waals surface area contributed by atoms with Gasteiger partial charge in [0.1, 0.15) is 24.7 Å². The van der Waals surface area contributed by atoms with Crippen LogP contribution in [0, 0.1) is 0 Å². The highest BCUT2D eigenvalue weighted by molar-refractivity contribution is 5.92. The van der Waals surface area contributed by atoms with Crippen LogP contribution in [0.5, 0.6) is 11.5 Å². The molecule has 0 heterocycles. The predicted molar refractivity (Wildman–Crippen MR) is 219 cm³/mol. The number of azo groups is 2. The van der Waals surface area contributed by atoms with E-state index in [1.54, 1.807) is 48.5 Å². The van der Waals surface area contributed by atoms with E-state index >= 15 is 0 Å². The SMILES string of the molecule is C=CC(=O)OCCN(C)c1ccc(N=Nc2ccc(C(=O)Oc3ccc(OC(=O)c4ccc(N=Nc5ccc(N(C)CCOC(=O)C=C)cc5)cc4)cc3)cc2)cc1. The Kier molecular flexibility index (Phi) is 14.9. The summed E-state index contributed by atoms with van der Waals surface area (Å²) in [5, 5.41) is 17.0. The predicted octanol–water partition coefficient (Wildman–Crippen LogP) is 9.29. The second-order valence-electron chi connectivity index (χ2n) is 12.4. The zero-order chi connectivity index (χ0) is 41.3. The topological polar surface area (TPSA) is 161 Å². The third-order valence-electron chi connectivity index (χ3n) is 8.27. The number of anilines is 2. The highest BCUT2D eigenvalue weighted by Gasteiger charge is 2.12. The zero-order valence-corrected chi connectivity index (χ0v) is 31.9. The molecule has 0 amide bonds. The van der Waals surface area contributed by atoms with Crippen molar-refractivity contribution in [3.63, 3.8) is 0 Å². The van der Waals surface area contributed by atoms with Gasteiger partial charge in [0.15, 0.2) is 0 Å². The standard InChI is InChI=1S/C44H40N6O8/c1-5-41(51)55-29-27-49(3)37-19-15-35(16-20-37)47-45-33-11-7-31(8-12-33)43(53)57-39-23-25-40(26-24-39)58-44(54)32-9-13-34(14-10-32)46-48-36-17-21-38(22-18-36)50(4)28-30-56-42(52)6-2/h5-26H,1-2,27-30H2,3-4H3. The van der Waals surface area contributed by atoms with Crippen LogP contribution in [-0.4, -0.2) is 64.3 Å². The van der Waals surface area contributed by atoms with Crippen molar-refractivity contribution in [2.75, 3.05) is 50.2 Å². The van der Waals surface area contributed by atoms with Crippen LogP contribution in [0.4, 0.5) is 34.1 Å². The maximum Gasteiger partial charge on any atom is 0.343 e. The van der Waals surface area contributed by atoms with Gasteiger partial charge in [0.25, 0.3) is 0 Å². The Morgan fingerprint density at radius 1 is 0.483 bits per heavy atom. The third kappa shape index (κ3) is 12.7. The van der Waals surface area contributed by atoms with Gasteiger partial charge in [0.2, 0.25) is 0 Å². The number of nitrogens with zero attached hydrogens (tertiary/aromatic N) is 6. The molecule has 0 bridgehead atoms. The molecular formula is C44H40N6O8. The van der Waals surface area contributed by atoms with Gasteiger partial charge in [-0.3, -0.25) is 0 Å². The van der Waals surface area contributed by atoms with Crippen LogP contribution in [0.3, 0.4) is 0 Å². The molecular weight excluding hydrogens is 741 g/mol. The first-order chi connectivity index (χ1) is 28.1. The van der Waals surface area contributed by atoms with Gasteiger partial charge in [-0.05, 0) is 121 Å². The summed E-state index contributed by atoms with van der Waals surface area (Å²) in [4.78, 5) is 51.9. The summed E-state index contributed by atoms with van der Waals surface area (Å²) < 4.78 is 21.0. The summed E-state index contributed by atoms with van der Waals surface area (Å²) in [7, 11) is 3.77. The van der Waals surface area contributed by atoms with Gasteiger partial charge in [-0.25, -0.2) is 19.2 Å². The molecule has 0 saturated heterocycles. The number of benzene rings is 5. The van der Waals surface area contributed by atoms with Crippen molar-refractivity contribution in [1.29, 1.82) is 0 Å². The minimum Gasteiger partial charge on any atom is -0.461 e. The van der Waals surface area contributed by atoms with Gasteiger partial charge < -0.3 is 28.7 Å². The van der Waals surface area contributed by atoms with Crippen molar-refractivity contribution in [3.05, 3.63) is 158 Å². The summed E-state index contributed by atoms with van der Waals surface area (Å²) in [6.07, 6.45) is 2.26. The number of hydrogen-bond donors (Lipinski definition) is 0. The summed E-state index contributed by atoms with van der Waals surface area (Å²) in [6.45, 7) is 8.27. The molecule has 0 fully saturated rings. The molecule has 0 aliphatic heterocycles. The molecule has 58 heavy (non-hydrogen) atoms. The number of carbonyl (C=O) groups excluding carboxylic acids is 4. The van der Waals surface area contributed by atoms with Crippen LogP contribution in [0.2, 0.25) is 0 Å². The summed E-state index contributed by atoms with van der Waals surface area (Å²) in [6, 6.07) is 33.9. The average Bonchev–Trinajstić information content (AvgIpc) is 3.26. The van der Waals surface area contributed by atoms with Gasteiger partial charge >= 0.3 is 23.9 Å². The van der Waals surface area contributed by atoms with E-state index in [-0.39, 0.29) is 24.7 Å². The Morgan fingerprint density at radius 2 is 0.776 bits per heavy atom. The largest absolute Gasteiger partial charge is 0.461 e. The molecule has 5 rings (SSSR count). The zero-order valence-electron chi connectivity index (χ0n) is 31.9. The highest BCUT2D eigenvalue weighted by atomic mass is 16.5. The molecule has 0 aliphatic carbocycles. The monoisotopic (exact) mass is 780 g/mol. The molecule has 0 atom stereocenters. The van der Waals surface area contributed by atoms with Gasteiger partial charge in [-0.2, -0.15) is 20.5 Å². The van der Waals surface area contributed by atoms with Crippen molar-refractivity contribution < 1.29 is 38.1 Å². The van der Waals surface area contributed by atoms with Crippen LogP contribution >= 0.6 is 0 Å². The normalized spacial score (nSPS) is 10.8. The molecule has 14 heteroatoms. The van der Waals surface area contributed by atoms with Crippen molar-refractivity contribution in [2.45, 2.75) is 0 Å². The molecule has 14 nitrogen and oxygen atoms in total. The van der Waals surface area contributed by atoms with Crippen molar-refractivity contribution in [1.82, 2.24) is 0 Å². The molecule has 0 spiro atoms. The highest BCUT2D eigenvalue weighted by Crippen LogP contribution is 2.25. The lowest BCUT2D eigenvalue weighted by atomic mass is 10.2. The maximum absolute atomic E-state index is 12.8. The number of ether oxygens (including phenoxy) is 4. The first kappa shape index (κ1) is 41.4. The molecule has 5 aromatic carbocycles. The number of likely N-dealkylation sites (N-methyl/N-ethyl adjacent to an activating group) is 2. The number of carbonyl (C=O) groups is 4. The Bertz CT molecular complexity index is 2090. The molecule has 0 aliphatic rings. The Labute approximate surface area is 335 Å². The fourth-order valence-electron chi connectivity index (χ4n) is 4.96. The summed E-state index contributed by atoms with van der Waals surface area (Å²) in [5.74, 6) is -1.53. The van der Waals surface area contributed by atoms with Crippen LogP contribution in [0.25, 0.3) is 0 Å². The van der Waals surface area contributed by atoms with E-state index in [9.17, 15) is 19.2 Å². The van der Waals surface area contributed by atoms with Crippen LogP contribution < -0.4 is 19.3 Å². The van der Waals surface area contributed by atoms with E-state index in [1.807, 2.05) is 72.4 Å². The Hall–Kier alpha value is -7.74. The molecule has 0 N–H and O–H groups in total. The lowest BCUT2D eigenvalue weighted by Crippen LogP contribution is -2.23. The third-order valence-corrected chi connectivity index (χ3v) is 8.27. The second kappa shape index (κ2) is 20.8. The maximum atomic E-state index is 12.8. The van der Waals surface area contributed by atoms with E-state index in [4.69, 9.17) is 18.9 Å². The Morgan fingerprint density at radius 3 is 1.07 bits per heavy atom. The molecule has 0 radical (unpaired) electrons. The van der Waals surface area contributed by atoms with Crippen LogP contribution in [0.15, 0.2) is 167 Å². The van der Waals surface area contributed by atoms with Gasteiger partial charge in [0, 0.05) is 37.6 Å². The van der Waals surface area contributed by atoms with Crippen molar-refractivity contribution >= 4 is 58.0 Å². The summed E-state index contributed by atoms with van der Waals surface area (Å²) >= 11 is 0. The van der Waals surface area contributed by atoms with E-state index < -0.39 is 23.9 Å². The second-order valence-corrected chi connectivity index (χ2v) is 12.4. The smallest absolute Gasteiger partial charge is 0.343 e. The van der Waals surface area contributed by atoms with Crippen LogP contribution in [-0.2, 0) is 19.1 Å². The van der Waals surface area contributed by atoms with Gasteiger partial charge in [-0.1, -0.05) is 13.2 Å². The first-order valence-electron chi connectivity index (χ1n) is 17.9. The van der Waals surface area contributed by atoms with Gasteiger partial charge in [-0.15, -0.1) is 0 Å². The molecule has 0 aromatic heterocycles. The van der Waals surface area contributed by atoms with Crippen molar-refractivity contribution in [3.8, 4) is 11.5 Å². The lowest BCUT2D eigenvalue weighted by molar-refractivity contribution is -0.138. The first-order valence-corrected chi connectivity index (χ1v) is 17.9. The number of hydrogen-bond acceptors (Lipinski definition) is 14. The number of esters is 4.